The number of nitrogens with two attached hydrogens (primary N) is 1. The number of benzene rings is 2. The highest BCUT2D eigenvalue weighted by atomic mass is 16.2. The number of anilines is 2. The molecule has 0 aromatic heterocycles. The van der Waals surface area contributed by atoms with E-state index in [9.17, 15) is 4.79 Å². The van der Waals surface area contributed by atoms with Crippen molar-refractivity contribution in [3.05, 3.63) is 59.7 Å². The molecule has 3 nitrogen and oxygen atoms in total. The van der Waals surface area contributed by atoms with Gasteiger partial charge in [0.25, 0.3) is 0 Å². The second-order valence-corrected chi connectivity index (χ2v) is 5.12. The maximum atomic E-state index is 12.4. The van der Waals surface area contributed by atoms with Crippen LogP contribution in [-0.2, 0) is 17.6 Å². The topological polar surface area (TPSA) is 46.3 Å². The van der Waals surface area contributed by atoms with Crippen LogP contribution < -0.4 is 10.6 Å². The minimum absolute atomic E-state index is 0.179. The van der Waals surface area contributed by atoms with Crippen molar-refractivity contribution in [2.45, 2.75) is 19.3 Å². The van der Waals surface area contributed by atoms with Gasteiger partial charge in [-0.1, -0.05) is 36.4 Å². The van der Waals surface area contributed by atoms with Crippen LogP contribution in [0.2, 0.25) is 0 Å². The Bertz CT molecular complexity index is 636. The molecule has 0 fully saturated rings. The van der Waals surface area contributed by atoms with E-state index in [1.165, 1.54) is 5.56 Å². The first kappa shape index (κ1) is 12.7. The molecule has 102 valence electrons. The van der Waals surface area contributed by atoms with Crippen molar-refractivity contribution in [2.75, 3.05) is 17.2 Å². The summed E-state index contributed by atoms with van der Waals surface area (Å²) in [6.45, 7) is 0.794. The lowest BCUT2D eigenvalue weighted by molar-refractivity contribution is -0.118. The summed E-state index contributed by atoms with van der Waals surface area (Å²) < 4.78 is 0. The molecule has 3 heteroatoms. The van der Waals surface area contributed by atoms with Crippen LogP contribution >= 0.6 is 0 Å². The summed E-state index contributed by atoms with van der Waals surface area (Å²) in [6, 6.07) is 15.9. The maximum Gasteiger partial charge on any atom is 0.227 e. The van der Waals surface area contributed by atoms with Gasteiger partial charge in [-0.05, 0) is 36.1 Å². The molecule has 0 bridgehead atoms. The molecule has 0 unspecified atom stereocenters. The first-order chi connectivity index (χ1) is 9.75. The molecule has 2 aromatic rings. The molecule has 0 radical (unpaired) electrons. The molecule has 2 N–H and O–H groups in total. The first-order valence-corrected chi connectivity index (χ1v) is 6.97. The Kier molecular flexibility index (Phi) is 3.42. The van der Waals surface area contributed by atoms with Gasteiger partial charge in [0.05, 0.1) is 0 Å². The van der Waals surface area contributed by atoms with E-state index in [4.69, 9.17) is 5.73 Å². The molecular weight excluding hydrogens is 248 g/mol. The average molecular weight is 266 g/mol. The number of fused-ring (bicyclic) bond motifs is 1. The molecule has 3 rings (SSSR count). The highest BCUT2D eigenvalue weighted by Gasteiger charge is 2.23. The molecule has 2 aromatic carbocycles. The minimum Gasteiger partial charge on any atom is -0.399 e. The quantitative estimate of drug-likeness (QED) is 0.868. The van der Waals surface area contributed by atoms with Crippen LogP contribution in [0.4, 0.5) is 11.4 Å². The smallest absolute Gasteiger partial charge is 0.227 e. The predicted octanol–water partition coefficient (Wildman–Crippen LogP) is 2.79. The Morgan fingerprint density at radius 1 is 1.10 bits per heavy atom. The third kappa shape index (κ3) is 2.39. The van der Waals surface area contributed by atoms with Crippen LogP contribution in [0.25, 0.3) is 0 Å². The fourth-order valence-electron chi connectivity index (χ4n) is 2.74. The number of hydrogen-bond donors (Lipinski definition) is 1. The molecule has 0 spiro atoms. The van der Waals surface area contributed by atoms with E-state index in [1.807, 2.05) is 47.4 Å². The summed E-state index contributed by atoms with van der Waals surface area (Å²) in [6.07, 6.45) is 2.15. The standard InChI is InChI=1S/C17H18N2O/c18-15-7-3-1-5-13(15)9-10-17(20)19-12-11-14-6-2-4-8-16(14)19/h1-8H,9-12,18H2. The summed E-state index contributed by atoms with van der Waals surface area (Å²) in [5, 5.41) is 0. The number of para-hydroxylation sites is 2. The van der Waals surface area contributed by atoms with Crippen molar-refractivity contribution in [2.24, 2.45) is 0 Å². The SMILES string of the molecule is Nc1ccccc1CCC(=O)N1CCc2ccccc21. The molecule has 1 aliphatic heterocycles. The van der Waals surface area contributed by atoms with Crippen LogP contribution in [0.5, 0.6) is 0 Å². The Morgan fingerprint density at radius 3 is 2.70 bits per heavy atom. The van der Waals surface area contributed by atoms with Gasteiger partial charge in [-0.2, -0.15) is 0 Å². The number of nitrogens with zero attached hydrogens (tertiary/aromatic N) is 1. The van der Waals surface area contributed by atoms with Crippen molar-refractivity contribution < 1.29 is 4.79 Å². The summed E-state index contributed by atoms with van der Waals surface area (Å²) in [7, 11) is 0. The summed E-state index contributed by atoms with van der Waals surface area (Å²) >= 11 is 0. The van der Waals surface area contributed by atoms with Crippen LogP contribution in [-0.4, -0.2) is 12.5 Å². The molecule has 0 saturated carbocycles. The normalized spacial score (nSPS) is 13.3. The summed E-state index contributed by atoms with van der Waals surface area (Å²) in [4.78, 5) is 14.3. The van der Waals surface area contributed by atoms with Crippen LogP contribution in [0.3, 0.4) is 0 Å². The highest BCUT2D eigenvalue weighted by molar-refractivity contribution is 5.95. The lowest BCUT2D eigenvalue weighted by Gasteiger charge is -2.17. The molecule has 1 amide bonds. The molecule has 0 atom stereocenters. The van der Waals surface area contributed by atoms with Gasteiger partial charge < -0.3 is 10.6 Å². The second-order valence-electron chi connectivity index (χ2n) is 5.12. The maximum absolute atomic E-state index is 12.4. The Morgan fingerprint density at radius 2 is 1.85 bits per heavy atom. The third-order valence-corrected chi connectivity index (χ3v) is 3.85. The lowest BCUT2D eigenvalue weighted by Crippen LogP contribution is -2.29. The van der Waals surface area contributed by atoms with Gasteiger partial charge >= 0.3 is 0 Å². The van der Waals surface area contributed by atoms with E-state index < -0.39 is 0 Å². The number of amides is 1. The Labute approximate surface area is 119 Å². The van der Waals surface area contributed by atoms with Gasteiger partial charge in [0.15, 0.2) is 0 Å². The lowest BCUT2D eigenvalue weighted by atomic mass is 10.1. The van der Waals surface area contributed by atoms with Gasteiger partial charge in [-0.25, -0.2) is 0 Å². The number of hydrogen-bond acceptors (Lipinski definition) is 2. The first-order valence-electron chi connectivity index (χ1n) is 6.97. The van der Waals surface area contributed by atoms with E-state index in [-0.39, 0.29) is 5.91 Å². The van der Waals surface area contributed by atoms with E-state index in [0.717, 1.165) is 29.9 Å². The fourth-order valence-corrected chi connectivity index (χ4v) is 2.74. The van der Waals surface area contributed by atoms with Crippen LogP contribution in [0, 0.1) is 0 Å². The number of carbonyl (C=O) groups excluding carboxylic acids is 1. The number of carbonyl (C=O) groups is 1. The zero-order chi connectivity index (χ0) is 13.9. The zero-order valence-electron chi connectivity index (χ0n) is 11.4. The van der Waals surface area contributed by atoms with Gasteiger partial charge in [0, 0.05) is 24.3 Å². The number of nitrogen functional groups attached to an aromatic ring is 1. The highest BCUT2D eigenvalue weighted by Crippen LogP contribution is 2.28. The summed E-state index contributed by atoms with van der Waals surface area (Å²) in [5.41, 5.74) is 10.1. The molecule has 1 heterocycles. The third-order valence-electron chi connectivity index (χ3n) is 3.85. The Hall–Kier alpha value is -2.29. The van der Waals surface area contributed by atoms with Crippen molar-refractivity contribution in [3.8, 4) is 0 Å². The molecule has 0 saturated heterocycles. The fraction of sp³-hybridized carbons (Fsp3) is 0.235. The predicted molar refractivity (Wildman–Crippen MR) is 81.7 cm³/mol. The molecule has 0 aliphatic carbocycles. The molecular formula is C17H18N2O. The van der Waals surface area contributed by atoms with Gasteiger partial charge in [0.2, 0.25) is 5.91 Å². The minimum atomic E-state index is 0.179. The van der Waals surface area contributed by atoms with Gasteiger partial charge in [0.1, 0.15) is 0 Å². The van der Waals surface area contributed by atoms with E-state index in [2.05, 4.69) is 6.07 Å². The van der Waals surface area contributed by atoms with Gasteiger partial charge in [-0.3, -0.25) is 4.79 Å². The van der Waals surface area contributed by atoms with E-state index in [0.29, 0.717) is 12.8 Å². The number of aryl methyl sites for hydroxylation is 1. The second kappa shape index (κ2) is 5.37. The zero-order valence-corrected chi connectivity index (χ0v) is 11.4. The average Bonchev–Trinajstić information content (AvgIpc) is 2.90. The van der Waals surface area contributed by atoms with Crippen molar-refractivity contribution in [1.82, 2.24) is 0 Å². The van der Waals surface area contributed by atoms with Crippen LogP contribution in [0.15, 0.2) is 48.5 Å². The van der Waals surface area contributed by atoms with Crippen molar-refractivity contribution in [3.63, 3.8) is 0 Å². The molecule has 20 heavy (non-hydrogen) atoms. The van der Waals surface area contributed by atoms with E-state index in [1.54, 1.807) is 0 Å². The van der Waals surface area contributed by atoms with Crippen molar-refractivity contribution >= 4 is 17.3 Å². The van der Waals surface area contributed by atoms with Crippen LogP contribution in [0.1, 0.15) is 17.5 Å². The summed E-state index contributed by atoms with van der Waals surface area (Å²) in [5.74, 6) is 0.179. The molecule has 1 aliphatic rings. The largest absolute Gasteiger partial charge is 0.399 e. The Balaban J connectivity index is 1.68. The van der Waals surface area contributed by atoms with Crippen molar-refractivity contribution in [1.29, 1.82) is 0 Å². The van der Waals surface area contributed by atoms with Gasteiger partial charge in [-0.15, -0.1) is 0 Å². The number of rotatable bonds is 3. The van der Waals surface area contributed by atoms with E-state index >= 15 is 0 Å². The monoisotopic (exact) mass is 266 g/mol.